The monoisotopic (exact) mass is 420 g/mol. The third kappa shape index (κ3) is 4.59. The Kier molecular flexibility index (Phi) is 6.28. The Bertz CT molecular complexity index is 920. The van der Waals surface area contributed by atoms with E-state index in [2.05, 4.69) is 36.5 Å². The molecular weight excluding hydrogens is 388 g/mol. The van der Waals surface area contributed by atoms with Gasteiger partial charge in [-0.3, -0.25) is 4.79 Å². The first-order chi connectivity index (χ1) is 14.9. The number of urea groups is 1. The number of hydrogen-bond acceptors (Lipinski definition) is 3. The van der Waals surface area contributed by atoms with E-state index in [4.69, 9.17) is 0 Å². The molecule has 4 rings (SSSR count). The third-order valence-corrected chi connectivity index (χ3v) is 6.70. The van der Waals surface area contributed by atoms with Gasteiger partial charge < -0.3 is 20.0 Å². The summed E-state index contributed by atoms with van der Waals surface area (Å²) in [5.41, 5.74) is 4.15. The minimum absolute atomic E-state index is 0.00287. The molecule has 2 aromatic carbocycles. The molecule has 6 nitrogen and oxygen atoms in total. The molecule has 0 aliphatic carbocycles. The SMILES string of the molecule is Cc1ccc(-c2ccc(C(=O)N(C)[C@H]3CCN(C(=O)N(C)C4CCNC4)C3)cc2)cc1. The predicted molar refractivity (Wildman–Crippen MR) is 123 cm³/mol. The maximum Gasteiger partial charge on any atom is 0.320 e. The van der Waals surface area contributed by atoms with E-state index in [0.29, 0.717) is 18.7 Å². The molecular formula is C25H32N4O2. The summed E-state index contributed by atoms with van der Waals surface area (Å²) in [6, 6.07) is 16.6. The molecule has 2 atom stereocenters. The molecule has 0 spiro atoms. The summed E-state index contributed by atoms with van der Waals surface area (Å²) < 4.78 is 0. The first-order valence-electron chi connectivity index (χ1n) is 11.1. The van der Waals surface area contributed by atoms with Crippen molar-refractivity contribution in [1.82, 2.24) is 20.0 Å². The summed E-state index contributed by atoms with van der Waals surface area (Å²) in [7, 11) is 3.73. The first kappa shape index (κ1) is 21.4. The molecule has 0 aromatic heterocycles. The second kappa shape index (κ2) is 9.10. The van der Waals surface area contributed by atoms with E-state index in [1.807, 2.05) is 48.2 Å². The number of carbonyl (C=O) groups is 2. The topological polar surface area (TPSA) is 55.9 Å². The summed E-state index contributed by atoms with van der Waals surface area (Å²) in [5.74, 6) is 0.00287. The summed E-state index contributed by atoms with van der Waals surface area (Å²) in [6.07, 6.45) is 1.81. The van der Waals surface area contributed by atoms with Gasteiger partial charge in [-0.25, -0.2) is 4.79 Å². The van der Waals surface area contributed by atoms with Gasteiger partial charge in [-0.2, -0.15) is 0 Å². The van der Waals surface area contributed by atoms with Crippen molar-refractivity contribution >= 4 is 11.9 Å². The minimum atomic E-state index is 0.00287. The predicted octanol–water partition coefficient (Wildman–Crippen LogP) is 3.22. The average Bonchev–Trinajstić information content (AvgIpc) is 3.50. The zero-order chi connectivity index (χ0) is 22.0. The van der Waals surface area contributed by atoms with Crippen molar-refractivity contribution in [3.05, 3.63) is 59.7 Å². The molecule has 0 saturated carbocycles. The largest absolute Gasteiger partial charge is 0.337 e. The number of hydrogen-bond donors (Lipinski definition) is 1. The maximum atomic E-state index is 13.0. The van der Waals surface area contributed by atoms with Crippen LogP contribution in [0, 0.1) is 6.92 Å². The Morgan fingerprint density at radius 3 is 2.16 bits per heavy atom. The highest BCUT2D eigenvalue weighted by Crippen LogP contribution is 2.23. The molecule has 2 saturated heterocycles. The Labute approximate surface area is 184 Å². The fourth-order valence-electron chi connectivity index (χ4n) is 4.50. The van der Waals surface area contributed by atoms with Crippen LogP contribution in [0.25, 0.3) is 11.1 Å². The maximum absolute atomic E-state index is 13.0. The van der Waals surface area contributed by atoms with Crippen LogP contribution >= 0.6 is 0 Å². The smallest absolute Gasteiger partial charge is 0.320 e. The molecule has 1 unspecified atom stereocenters. The van der Waals surface area contributed by atoms with Crippen LogP contribution < -0.4 is 5.32 Å². The Morgan fingerprint density at radius 2 is 1.55 bits per heavy atom. The van der Waals surface area contributed by atoms with Crippen LogP contribution in [0.4, 0.5) is 4.79 Å². The minimum Gasteiger partial charge on any atom is -0.337 e. The number of likely N-dealkylation sites (tertiary alicyclic amines) is 1. The lowest BCUT2D eigenvalue weighted by atomic mass is 10.0. The lowest BCUT2D eigenvalue weighted by molar-refractivity contribution is 0.0734. The number of amides is 3. The number of nitrogens with one attached hydrogen (secondary N) is 1. The molecule has 2 fully saturated rings. The highest BCUT2D eigenvalue weighted by atomic mass is 16.2. The normalized spacial score (nSPS) is 20.7. The number of nitrogens with zero attached hydrogens (tertiary/aromatic N) is 3. The van der Waals surface area contributed by atoms with Crippen LogP contribution in [0.1, 0.15) is 28.8 Å². The average molecular weight is 421 g/mol. The van der Waals surface area contributed by atoms with Gasteiger partial charge in [0.25, 0.3) is 5.91 Å². The molecule has 0 radical (unpaired) electrons. The van der Waals surface area contributed by atoms with Gasteiger partial charge in [-0.1, -0.05) is 42.0 Å². The van der Waals surface area contributed by atoms with Crippen molar-refractivity contribution in [3.8, 4) is 11.1 Å². The van der Waals surface area contributed by atoms with Crippen LogP contribution in [0.5, 0.6) is 0 Å². The highest BCUT2D eigenvalue weighted by molar-refractivity contribution is 5.95. The highest BCUT2D eigenvalue weighted by Gasteiger charge is 2.34. The Morgan fingerprint density at radius 1 is 0.903 bits per heavy atom. The summed E-state index contributed by atoms with van der Waals surface area (Å²) in [6.45, 7) is 5.18. The fraction of sp³-hybridized carbons (Fsp3) is 0.440. The van der Waals surface area contributed by atoms with E-state index in [1.165, 1.54) is 5.56 Å². The molecule has 1 N–H and O–H groups in total. The van der Waals surface area contributed by atoms with E-state index in [0.717, 1.165) is 37.1 Å². The van der Waals surface area contributed by atoms with Gasteiger partial charge in [-0.05, 0) is 49.6 Å². The molecule has 164 valence electrons. The van der Waals surface area contributed by atoms with Crippen LogP contribution in [0.2, 0.25) is 0 Å². The lowest BCUT2D eigenvalue weighted by Gasteiger charge is -2.30. The summed E-state index contributed by atoms with van der Waals surface area (Å²) >= 11 is 0. The van der Waals surface area contributed by atoms with Gasteiger partial charge >= 0.3 is 6.03 Å². The van der Waals surface area contributed by atoms with E-state index in [1.54, 1.807) is 4.90 Å². The fourth-order valence-corrected chi connectivity index (χ4v) is 4.50. The van der Waals surface area contributed by atoms with Crippen LogP contribution in [0.3, 0.4) is 0 Å². The van der Waals surface area contributed by atoms with Crippen molar-refractivity contribution < 1.29 is 9.59 Å². The molecule has 0 bridgehead atoms. The van der Waals surface area contributed by atoms with Crippen LogP contribution in [-0.4, -0.2) is 79.0 Å². The second-order valence-corrected chi connectivity index (χ2v) is 8.79. The molecule has 31 heavy (non-hydrogen) atoms. The molecule has 2 aliphatic rings. The zero-order valence-corrected chi connectivity index (χ0v) is 18.7. The van der Waals surface area contributed by atoms with Gasteiger partial charge in [0.2, 0.25) is 0 Å². The van der Waals surface area contributed by atoms with Crippen molar-refractivity contribution in [2.75, 3.05) is 40.3 Å². The lowest BCUT2D eigenvalue weighted by Crippen LogP contribution is -2.47. The van der Waals surface area contributed by atoms with Crippen molar-refractivity contribution in [1.29, 1.82) is 0 Å². The van der Waals surface area contributed by atoms with E-state index in [9.17, 15) is 9.59 Å². The van der Waals surface area contributed by atoms with E-state index >= 15 is 0 Å². The Balaban J connectivity index is 1.37. The van der Waals surface area contributed by atoms with Crippen molar-refractivity contribution in [2.24, 2.45) is 0 Å². The van der Waals surface area contributed by atoms with Crippen molar-refractivity contribution in [2.45, 2.75) is 31.8 Å². The van der Waals surface area contributed by atoms with Crippen LogP contribution in [-0.2, 0) is 0 Å². The number of rotatable bonds is 4. The van der Waals surface area contributed by atoms with Gasteiger partial charge in [0.1, 0.15) is 0 Å². The molecule has 2 aliphatic heterocycles. The number of aryl methyl sites for hydroxylation is 1. The Hall–Kier alpha value is -2.86. The van der Waals surface area contributed by atoms with E-state index in [-0.39, 0.29) is 24.0 Å². The summed E-state index contributed by atoms with van der Waals surface area (Å²) in [5, 5.41) is 3.31. The number of benzene rings is 2. The quantitative estimate of drug-likeness (QED) is 0.826. The van der Waals surface area contributed by atoms with Crippen molar-refractivity contribution in [3.63, 3.8) is 0 Å². The molecule has 2 heterocycles. The molecule has 6 heteroatoms. The van der Waals surface area contributed by atoms with Gasteiger partial charge in [0.05, 0.1) is 6.04 Å². The van der Waals surface area contributed by atoms with Gasteiger partial charge in [-0.15, -0.1) is 0 Å². The molecule has 3 amide bonds. The van der Waals surface area contributed by atoms with Crippen LogP contribution in [0.15, 0.2) is 48.5 Å². The second-order valence-electron chi connectivity index (χ2n) is 8.79. The standard InChI is InChI=1S/C25H32N4O2/c1-18-4-6-19(7-5-18)20-8-10-21(11-9-20)24(30)27(2)23-13-15-29(17-23)25(31)28(3)22-12-14-26-16-22/h4-11,22-23,26H,12-17H2,1-3H3/t22?,23-/m0/s1. The third-order valence-electron chi connectivity index (χ3n) is 6.70. The number of likely N-dealkylation sites (N-methyl/N-ethyl adjacent to an activating group) is 2. The first-order valence-corrected chi connectivity index (χ1v) is 11.1. The van der Waals surface area contributed by atoms with E-state index < -0.39 is 0 Å². The molecule has 2 aromatic rings. The summed E-state index contributed by atoms with van der Waals surface area (Å²) in [4.78, 5) is 31.4. The van der Waals surface area contributed by atoms with Gasteiger partial charge in [0, 0.05) is 45.3 Å². The van der Waals surface area contributed by atoms with Gasteiger partial charge in [0.15, 0.2) is 0 Å². The number of carbonyl (C=O) groups excluding carboxylic acids is 2. The zero-order valence-electron chi connectivity index (χ0n) is 18.7.